The highest BCUT2D eigenvalue weighted by Crippen LogP contribution is 2.37. The molecule has 0 N–H and O–H groups in total. The molecule has 9 nitrogen and oxygen atoms in total. The standard InChI is InChI=1S/C39H42N4O5S/c1-25-10-11-29(39-40-31-8-6-7-9-38(31)49-39)20-34(25)46-23-42-14-16-43(17-15-42)24-47-37-19-28(12-13-33(37)44-4)36-22-32(41-48-36)30-18-26(2)27(3)35(21-30)45-5/h6-13,18-21,36H,14-17,22-24H2,1-5H3. The van der Waals surface area contributed by atoms with Gasteiger partial charge in [0.05, 0.1) is 30.1 Å². The van der Waals surface area contributed by atoms with Gasteiger partial charge in [-0.05, 0) is 85.5 Å². The van der Waals surface area contributed by atoms with Crippen LogP contribution in [0.4, 0.5) is 0 Å². The van der Waals surface area contributed by atoms with Crippen molar-refractivity contribution in [3.05, 3.63) is 101 Å². The predicted molar refractivity (Wildman–Crippen MR) is 194 cm³/mol. The third-order valence-corrected chi connectivity index (χ3v) is 10.5. The molecule has 49 heavy (non-hydrogen) atoms. The van der Waals surface area contributed by atoms with Crippen LogP contribution in [0.2, 0.25) is 0 Å². The molecule has 0 radical (unpaired) electrons. The lowest BCUT2D eigenvalue weighted by atomic mass is 9.97. The molecule has 1 saturated heterocycles. The number of piperazine rings is 1. The molecule has 7 rings (SSSR count). The molecule has 3 heterocycles. The number of rotatable bonds is 11. The fraction of sp³-hybridized carbons (Fsp3) is 0.333. The van der Waals surface area contributed by atoms with Gasteiger partial charge in [-0.25, -0.2) is 4.98 Å². The number of methoxy groups -OCH3 is 2. The Bertz CT molecular complexity index is 1950. The zero-order chi connectivity index (χ0) is 33.9. The summed E-state index contributed by atoms with van der Waals surface area (Å²) in [6, 6.07) is 24.7. The summed E-state index contributed by atoms with van der Waals surface area (Å²) in [5.74, 6) is 3.14. The largest absolute Gasteiger partial charge is 0.496 e. The molecule has 0 spiro atoms. The Morgan fingerprint density at radius 3 is 2.18 bits per heavy atom. The number of ether oxygens (including phenoxy) is 4. The molecule has 1 aromatic heterocycles. The summed E-state index contributed by atoms with van der Waals surface area (Å²) >= 11 is 1.71. The first-order valence-corrected chi connectivity index (χ1v) is 17.4. The molecular weight excluding hydrogens is 637 g/mol. The molecule has 0 aliphatic carbocycles. The van der Waals surface area contributed by atoms with E-state index >= 15 is 0 Å². The van der Waals surface area contributed by atoms with Crippen molar-refractivity contribution in [3.8, 4) is 33.6 Å². The number of thiazole rings is 1. The van der Waals surface area contributed by atoms with Gasteiger partial charge in [-0.2, -0.15) is 0 Å². The summed E-state index contributed by atoms with van der Waals surface area (Å²) in [6.07, 6.45) is 0.456. The minimum Gasteiger partial charge on any atom is -0.496 e. The molecular formula is C39H42N4O5S. The average Bonchev–Trinajstić information content (AvgIpc) is 3.80. The average molecular weight is 679 g/mol. The Morgan fingerprint density at radius 2 is 1.45 bits per heavy atom. The van der Waals surface area contributed by atoms with E-state index in [2.05, 4.69) is 78.2 Å². The van der Waals surface area contributed by atoms with Crippen LogP contribution in [0.5, 0.6) is 23.0 Å². The van der Waals surface area contributed by atoms with Crippen molar-refractivity contribution < 1.29 is 23.8 Å². The first kappa shape index (κ1) is 32.9. The lowest BCUT2D eigenvalue weighted by molar-refractivity contribution is 0.0322. The van der Waals surface area contributed by atoms with Crippen molar-refractivity contribution in [2.75, 3.05) is 53.9 Å². The van der Waals surface area contributed by atoms with E-state index in [0.29, 0.717) is 31.4 Å². The molecule has 1 atom stereocenters. The van der Waals surface area contributed by atoms with Crippen molar-refractivity contribution in [2.24, 2.45) is 5.16 Å². The Kier molecular flexibility index (Phi) is 9.70. The summed E-state index contributed by atoms with van der Waals surface area (Å²) in [7, 11) is 3.36. The van der Waals surface area contributed by atoms with E-state index < -0.39 is 0 Å². The molecule has 254 valence electrons. The highest BCUT2D eigenvalue weighted by atomic mass is 32.1. The number of benzene rings is 4. The van der Waals surface area contributed by atoms with E-state index in [1.807, 2.05) is 30.3 Å². The third-order valence-electron chi connectivity index (χ3n) is 9.40. The predicted octanol–water partition coefficient (Wildman–Crippen LogP) is 7.76. The topological polar surface area (TPSA) is 77.9 Å². The van der Waals surface area contributed by atoms with Gasteiger partial charge >= 0.3 is 0 Å². The molecule has 10 heteroatoms. The van der Waals surface area contributed by atoms with Crippen LogP contribution in [0.1, 0.15) is 40.3 Å². The van der Waals surface area contributed by atoms with Crippen molar-refractivity contribution in [2.45, 2.75) is 33.3 Å². The smallest absolute Gasteiger partial charge is 0.163 e. The van der Waals surface area contributed by atoms with Gasteiger partial charge in [-0.15, -0.1) is 11.3 Å². The van der Waals surface area contributed by atoms with Gasteiger partial charge in [0.2, 0.25) is 0 Å². The zero-order valence-electron chi connectivity index (χ0n) is 28.7. The first-order chi connectivity index (χ1) is 23.9. The molecule has 2 aliphatic heterocycles. The number of hydrogen-bond acceptors (Lipinski definition) is 10. The van der Waals surface area contributed by atoms with Gasteiger partial charge < -0.3 is 23.8 Å². The molecule has 0 saturated carbocycles. The fourth-order valence-electron chi connectivity index (χ4n) is 6.19. The van der Waals surface area contributed by atoms with Crippen molar-refractivity contribution in [1.82, 2.24) is 14.8 Å². The van der Waals surface area contributed by atoms with Gasteiger partial charge in [-0.3, -0.25) is 9.80 Å². The van der Waals surface area contributed by atoms with Crippen LogP contribution in [0.25, 0.3) is 20.8 Å². The Balaban J connectivity index is 0.918. The van der Waals surface area contributed by atoms with Crippen LogP contribution in [0, 0.1) is 20.8 Å². The second-order valence-corrected chi connectivity index (χ2v) is 13.6. The number of nitrogens with zero attached hydrogens (tertiary/aromatic N) is 4. The third kappa shape index (κ3) is 7.22. The highest BCUT2D eigenvalue weighted by Gasteiger charge is 2.26. The summed E-state index contributed by atoms with van der Waals surface area (Å²) in [5, 5.41) is 5.45. The molecule has 1 fully saturated rings. The summed E-state index contributed by atoms with van der Waals surface area (Å²) in [4.78, 5) is 15.4. The van der Waals surface area contributed by atoms with Gasteiger partial charge in [0.1, 0.15) is 30.0 Å². The quantitative estimate of drug-likeness (QED) is 0.140. The maximum absolute atomic E-state index is 6.34. The molecule has 0 amide bonds. The van der Waals surface area contributed by atoms with Gasteiger partial charge in [0, 0.05) is 43.7 Å². The second-order valence-electron chi connectivity index (χ2n) is 12.6. The summed E-state index contributed by atoms with van der Waals surface area (Å²) in [6.45, 7) is 10.8. The molecule has 2 aliphatic rings. The van der Waals surface area contributed by atoms with Gasteiger partial charge in [0.25, 0.3) is 0 Å². The lowest BCUT2D eigenvalue weighted by Gasteiger charge is -2.34. The highest BCUT2D eigenvalue weighted by molar-refractivity contribution is 7.21. The Labute approximate surface area is 291 Å². The maximum atomic E-state index is 6.34. The molecule has 1 unspecified atom stereocenters. The monoisotopic (exact) mass is 678 g/mol. The summed E-state index contributed by atoms with van der Waals surface area (Å²) in [5.41, 5.74) is 8.44. The SMILES string of the molecule is COc1ccc(C2CC(c3cc(C)c(C)c(OC)c3)=NO2)cc1OCN1CCN(COc2cc(-c3nc4ccccc4s3)ccc2C)CC1. The van der Waals surface area contributed by atoms with Gasteiger partial charge in [0.15, 0.2) is 17.6 Å². The van der Waals surface area contributed by atoms with E-state index in [4.69, 9.17) is 28.8 Å². The van der Waals surface area contributed by atoms with Crippen molar-refractivity contribution in [3.63, 3.8) is 0 Å². The number of aryl methyl sites for hydroxylation is 2. The minimum absolute atomic E-state index is 0.204. The maximum Gasteiger partial charge on any atom is 0.163 e. The van der Waals surface area contributed by atoms with Crippen molar-refractivity contribution >= 4 is 27.3 Å². The lowest BCUT2D eigenvalue weighted by Crippen LogP contribution is -2.48. The molecule has 5 aromatic rings. The molecule has 0 bridgehead atoms. The van der Waals surface area contributed by atoms with Gasteiger partial charge in [-0.1, -0.05) is 35.5 Å². The van der Waals surface area contributed by atoms with E-state index in [0.717, 1.165) is 87.3 Å². The number of para-hydroxylation sites is 1. The fourth-order valence-corrected chi connectivity index (χ4v) is 7.15. The number of fused-ring (bicyclic) bond motifs is 1. The normalized spacial score (nSPS) is 16.8. The summed E-state index contributed by atoms with van der Waals surface area (Å²) < 4.78 is 25.1. The van der Waals surface area contributed by atoms with E-state index in [-0.39, 0.29) is 6.10 Å². The van der Waals surface area contributed by atoms with Crippen LogP contribution in [-0.4, -0.2) is 74.4 Å². The Hall–Kier alpha value is -4.64. The molecule has 4 aromatic carbocycles. The zero-order valence-corrected chi connectivity index (χ0v) is 29.5. The van der Waals surface area contributed by atoms with E-state index in [1.165, 1.54) is 4.70 Å². The van der Waals surface area contributed by atoms with E-state index in [9.17, 15) is 0 Å². The minimum atomic E-state index is -0.204. The van der Waals surface area contributed by atoms with Crippen LogP contribution in [0.3, 0.4) is 0 Å². The van der Waals surface area contributed by atoms with Crippen molar-refractivity contribution in [1.29, 1.82) is 0 Å². The first-order valence-electron chi connectivity index (χ1n) is 16.6. The number of oxime groups is 1. The van der Waals surface area contributed by atoms with Crippen LogP contribution in [0.15, 0.2) is 78.0 Å². The van der Waals surface area contributed by atoms with Crippen LogP contribution >= 0.6 is 11.3 Å². The number of hydrogen-bond donors (Lipinski definition) is 0. The Morgan fingerprint density at radius 1 is 0.735 bits per heavy atom. The van der Waals surface area contributed by atoms with E-state index in [1.54, 1.807) is 25.6 Å². The second kappa shape index (κ2) is 14.5. The number of aromatic nitrogens is 1. The van der Waals surface area contributed by atoms with Crippen LogP contribution in [-0.2, 0) is 4.84 Å². The van der Waals surface area contributed by atoms with Crippen LogP contribution < -0.4 is 18.9 Å².